The third-order valence-electron chi connectivity index (χ3n) is 2.61. The number of aromatic nitrogens is 2. The van der Waals surface area contributed by atoms with Gasteiger partial charge >= 0.3 is 0 Å². The Morgan fingerprint density at radius 3 is 2.88 bits per heavy atom. The molecular formula is C9H13N5O2. The zero-order valence-electron chi connectivity index (χ0n) is 8.63. The normalized spacial score (nSPS) is 20.4. The molecular weight excluding hydrogens is 210 g/mol. The molecule has 1 aliphatic heterocycles. The number of carbonyl (C=O) groups is 1. The summed E-state index contributed by atoms with van der Waals surface area (Å²) in [6.07, 6.45) is 1.57. The summed E-state index contributed by atoms with van der Waals surface area (Å²) in [6.45, 7) is 0.388. The van der Waals surface area contributed by atoms with E-state index in [0.717, 1.165) is 0 Å². The number of rotatable bonds is 2. The maximum atomic E-state index is 11.7. The smallest absolute Gasteiger partial charge is 0.228 e. The summed E-state index contributed by atoms with van der Waals surface area (Å²) in [6, 6.07) is 0. The van der Waals surface area contributed by atoms with E-state index in [1.165, 1.54) is 11.2 Å². The predicted molar refractivity (Wildman–Crippen MR) is 58.4 cm³/mol. The average molecular weight is 223 g/mol. The van der Waals surface area contributed by atoms with E-state index >= 15 is 0 Å². The molecule has 0 aromatic carbocycles. The van der Waals surface area contributed by atoms with Crippen LogP contribution in [0.3, 0.4) is 0 Å². The minimum Gasteiger partial charge on any atom is -0.396 e. The molecule has 1 fully saturated rings. The number of nitrogens with two attached hydrogens (primary N) is 2. The van der Waals surface area contributed by atoms with Crippen molar-refractivity contribution in [2.24, 2.45) is 5.92 Å². The zero-order chi connectivity index (χ0) is 11.7. The van der Waals surface area contributed by atoms with Gasteiger partial charge in [0.05, 0.1) is 0 Å². The monoisotopic (exact) mass is 223 g/mol. The summed E-state index contributed by atoms with van der Waals surface area (Å²) >= 11 is 0. The topological polar surface area (TPSA) is 118 Å². The summed E-state index contributed by atoms with van der Waals surface area (Å²) in [5.41, 5.74) is 11.4. The predicted octanol–water partition coefficient (Wildman–Crippen LogP) is -1.01. The first kappa shape index (κ1) is 10.6. The van der Waals surface area contributed by atoms with Gasteiger partial charge in [-0.1, -0.05) is 0 Å². The van der Waals surface area contributed by atoms with Gasteiger partial charge in [0.25, 0.3) is 0 Å². The van der Waals surface area contributed by atoms with Crippen LogP contribution in [-0.4, -0.2) is 34.1 Å². The molecule has 0 bridgehead atoms. The molecule has 0 aliphatic carbocycles. The van der Waals surface area contributed by atoms with Gasteiger partial charge < -0.3 is 16.6 Å². The van der Waals surface area contributed by atoms with Gasteiger partial charge in [0.1, 0.15) is 12.0 Å². The van der Waals surface area contributed by atoms with Crippen molar-refractivity contribution in [3.63, 3.8) is 0 Å². The lowest BCUT2D eigenvalue weighted by atomic mass is 10.1. The number of aliphatic hydroxyl groups is 1. The number of hydrogen-bond donors (Lipinski definition) is 3. The lowest BCUT2D eigenvalue weighted by Gasteiger charge is -2.17. The van der Waals surface area contributed by atoms with Gasteiger partial charge in [-0.05, 0) is 0 Å². The molecule has 0 saturated carbocycles. The molecule has 5 N–H and O–H groups in total. The van der Waals surface area contributed by atoms with E-state index in [-0.39, 0.29) is 29.9 Å². The Labute approximate surface area is 92.1 Å². The quantitative estimate of drug-likeness (QED) is 0.591. The SMILES string of the molecule is Nc1ncnc(N2CC(CO)CC2=O)c1N. The number of amides is 1. The van der Waals surface area contributed by atoms with Gasteiger partial charge in [-0.2, -0.15) is 0 Å². The molecule has 86 valence electrons. The minimum absolute atomic E-state index is 0.0251. The molecule has 1 unspecified atom stereocenters. The van der Waals surface area contributed by atoms with E-state index in [9.17, 15) is 4.79 Å². The Hall–Kier alpha value is -1.89. The highest BCUT2D eigenvalue weighted by Gasteiger charge is 2.32. The van der Waals surface area contributed by atoms with E-state index in [4.69, 9.17) is 16.6 Å². The van der Waals surface area contributed by atoms with Crippen molar-refractivity contribution in [2.45, 2.75) is 6.42 Å². The molecule has 1 aromatic rings. The van der Waals surface area contributed by atoms with Crippen LogP contribution in [0.15, 0.2) is 6.33 Å². The minimum atomic E-state index is -0.108. The number of aliphatic hydroxyl groups excluding tert-OH is 1. The number of carbonyl (C=O) groups excluding carboxylic acids is 1. The summed E-state index contributed by atoms with van der Waals surface area (Å²) in [4.78, 5) is 20.8. The third-order valence-corrected chi connectivity index (χ3v) is 2.61. The van der Waals surface area contributed by atoms with Crippen molar-refractivity contribution < 1.29 is 9.90 Å². The maximum absolute atomic E-state index is 11.7. The fourth-order valence-corrected chi connectivity index (χ4v) is 1.72. The summed E-state index contributed by atoms with van der Waals surface area (Å²) < 4.78 is 0. The van der Waals surface area contributed by atoms with Gasteiger partial charge in [0, 0.05) is 25.5 Å². The Bertz CT molecular complexity index is 422. The van der Waals surface area contributed by atoms with Crippen LogP contribution in [0.5, 0.6) is 0 Å². The molecule has 1 atom stereocenters. The molecule has 7 nitrogen and oxygen atoms in total. The van der Waals surface area contributed by atoms with Crippen LogP contribution in [0.25, 0.3) is 0 Å². The molecule has 0 spiro atoms. The van der Waals surface area contributed by atoms with Crippen LogP contribution < -0.4 is 16.4 Å². The molecule has 16 heavy (non-hydrogen) atoms. The van der Waals surface area contributed by atoms with Crippen LogP contribution in [-0.2, 0) is 4.79 Å². The molecule has 1 saturated heterocycles. The highest BCUT2D eigenvalue weighted by molar-refractivity contribution is 5.98. The second-order valence-corrected chi connectivity index (χ2v) is 3.75. The van der Waals surface area contributed by atoms with Gasteiger partial charge in [-0.25, -0.2) is 9.97 Å². The van der Waals surface area contributed by atoms with Crippen molar-refractivity contribution in [3.05, 3.63) is 6.33 Å². The van der Waals surface area contributed by atoms with Crippen molar-refractivity contribution >= 4 is 23.2 Å². The molecule has 1 amide bonds. The Morgan fingerprint density at radius 1 is 1.50 bits per heavy atom. The van der Waals surface area contributed by atoms with Crippen LogP contribution >= 0.6 is 0 Å². The fraction of sp³-hybridized carbons (Fsp3) is 0.444. The summed E-state index contributed by atoms with van der Waals surface area (Å²) in [7, 11) is 0. The van der Waals surface area contributed by atoms with E-state index < -0.39 is 0 Å². The van der Waals surface area contributed by atoms with Crippen molar-refractivity contribution in [3.8, 4) is 0 Å². The Balaban J connectivity index is 2.31. The van der Waals surface area contributed by atoms with Crippen LogP contribution in [0, 0.1) is 5.92 Å². The van der Waals surface area contributed by atoms with Crippen molar-refractivity contribution in [1.82, 2.24) is 9.97 Å². The van der Waals surface area contributed by atoms with E-state index in [1.54, 1.807) is 0 Å². The van der Waals surface area contributed by atoms with Crippen molar-refractivity contribution in [1.29, 1.82) is 0 Å². The second kappa shape index (κ2) is 3.93. The highest BCUT2D eigenvalue weighted by Crippen LogP contribution is 2.29. The number of nitrogen functional groups attached to an aromatic ring is 2. The molecule has 7 heteroatoms. The molecule has 2 rings (SSSR count). The number of hydrogen-bond acceptors (Lipinski definition) is 6. The molecule has 0 radical (unpaired) electrons. The third kappa shape index (κ3) is 1.65. The fourth-order valence-electron chi connectivity index (χ4n) is 1.72. The van der Waals surface area contributed by atoms with Crippen LogP contribution in [0.1, 0.15) is 6.42 Å². The van der Waals surface area contributed by atoms with Gasteiger partial charge in [-0.15, -0.1) is 0 Å². The van der Waals surface area contributed by atoms with E-state index in [0.29, 0.717) is 18.8 Å². The summed E-state index contributed by atoms with van der Waals surface area (Å²) in [5, 5.41) is 9.00. The average Bonchev–Trinajstić information content (AvgIpc) is 2.64. The van der Waals surface area contributed by atoms with E-state index in [2.05, 4.69) is 9.97 Å². The first-order chi connectivity index (χ1) is 7.63. The Morgan fingerprint density at radius 2 is 2.25 bits per heavy atom. The number of nitrogens with zero attached hydrogens (tertiary/aromatic N) is 3. The molecule has 1 aliphatic rings. The molecule has 1 aromatic heterocycles. The number of anilines is 3. The Kier molecular flexibility index (Phi) is 2.61. The largest absolute Gasteiger partial charge is 0.396 e. The van der Waals surface area contributed by atoms with Gasteiger partial charge in [0.15, 0.2) is 11.6 Å². The zero-order valence-corrected chi connectivity index (χ0v) is 8.63. The highest BCUT2D eigenvalue weighted by atomic mass is 16.3. The molecule has 2 heterocycles. The maximum Gasteiger partial charge on any atom is 0.228 e. The van der Waals surface area contributed by atoms with Crippen LogP contribution in [0.2, 0.25) is 0 Å². The lowest BCUT2D eigenvalue weighted by Crippen LogP contribution is -2.27. The standard InChI is InChI=1S/C9H13N5O2/c10-7-8(11)12-4-13-9(7)14-2-5(3-15)1-6(14)16/h4-5,15H,1-3,10H2,(H2,11,12,13). The van der Waals surface area contributed by atoms with Gasteiger partial charge in [0.2, 0.25) is 5.91 Å². The summed E-state index contributed by atoms with van der Waals surface area (Å²) in [5.74, 6) is 0.311. The second-order valence-electron chi connectivity index (χ2n) is 3.75. The van der Waals surface area contributed by atoms with Crippen LogP contribution in [0.4, 0.5) is 17.3 Å². The lowest BCUT2D eigenvalue weighted by molar-refractivity contribution is -0.117. The van der Waals surface area contributed by atoms with Crippen molar-refractivity contribution in [2.75, 3.05) is 29.5 Å². The van der Waals surface area contributed by atoms with E-state index in [1.807, 2.05) is 0 Å². The first-order valence-corrected chi connectivity index (χ1v) is 4.90. The first-order valence-electron chi connectivity index (χ1n) is 4.90. The van der Waals surface area contributed by atoms with Gasteiger partial charge in [-0.3, -0.25) is 9.69 Å².